The summed E-state index contributed by atoms with van der Waals surface area (Å²) in [6, 6.07) is 24.5. The number of nitrogens with zero attached hydrogens (tertiary/aromatic N) is 3. The molecule has 1 atom stereocenters. The molecule has 1 N–H and O–H groups in total. The van der Waals surface area contributed by atoms with E-state index >= 15 is 0 Å². The molecule has 170 valence electrons. The quantitative estimate of drug-likeness (QED) is 0.345. The summed E-state index contributed by atoms with van der Waals surface area (Å²) in [5.41, 5.74) is 8.46. The first-order valence-electron chi connectivity index (χ1n) is 11.3. The summed E-state index contributed by atoms with van der Waals surface area (Å²) >= 11 is 5.85. The van der Waals surface area contributed by atoms with Gasteiger partial charge in [0.1, 0.15) is 0 Å². The summed E-state index contributed by atoms with van der Waals surface area (Å²) in [6.07, 6.45) is 0. The Hall–Kier alpha value is -3.77. The molecule has 5 nitrogen and oxygen atoms in total. The molecule has 4 aromatic rings. The number of aromatic nitrogens is 2. The number of allylic oxidation sites excluding steroid dienone is 1. The van der Waals surface area contributed by atoms with Crippen LogP contribution in [-0.4, -0.2) is 15.3 Å². The molecule has 1 unspecified atom stereocenters. The van der Waals surface area contributed by atoms with Crippen molar-refractivity contribution >= 4 is 28.6 Å². The summed E-state index contributed by atoms with van der Waals surface area (Å²) < 4.78 is 5.85. The van der Waals surface area contributed by atoms with Crippen LogP contribution in [0.4, 0.5) is 5.69 Å². The number of anilines is 1. The van der Waals surface area contributed by atoms with Crippen LogP contribution in [0.1, 0.15) is 41.1 Å². The predicted octanol–water partition coefficient (Wildman–Crippen LogP) is 6.53. The molecule has 0 saturated carbocycles. The highest BCUT2D eigenvalue weighted by Crippen LogP contribution is 2.39. The van der Waals surface area contributed by atoms with Gasteiger partial charge in [-0.2, -0.15) is 4.98 Å². The molecular weight excluding hydrogens is 440 g/mol. The first-order chi connectivity index (χ1) is 16.4. The Bertz CT molecular complexity index is 1410. The Morgan fingerprint density at radius 1 is 0.882 bits per heavy atom. The van der Waals surface area contributed by atoms with Crippen LogP contribution in [0.3, 0.4) is 0 Å². The number of benzene rings is 3. The number of rotatable bonds is 4. The van der Waals surface area contributed by atoms with Gasteiger partial charge in [-0.25, -0.2) is 0 Å². The van der Waals surface area contributed by atoms with Gasteiger partial charge >= 0.3 is 0 Å². The van der Waals surface area contributed by atoms with Gasteiger partial charge < -0.3 is 9.84 Å². The Labute approximate surface area is 205 Å². The molecule has 5 rings (SSSR count). The molecule has 1 aliphatic heterocycles. The summed E-state index contributed by atoms with van der Waals surface area (Å²) in [7, 11) is 0. The van der Waals surface area contributed by atoms with Crippen LogP contribution >= 0.6 is 12.2 Å². The molecule has 0 spiro atoms. The Morgan fingerprint density at radius 2 is 1.68 bits per heavy atom. The molecular formula is C28H26N4OS. The van der Waals surface area contributed by atoms with E-state index in [1.54, 1.807) is 0 Å². The van der Waals surface area contributed by atoms with Crippen LogP contribution in [-0.2, 0) is 0 Å². The Balaban J connectivity index is 1.66. The van der Waals surface area contributed by atoms with Crippen molar-refractivity contribution in [2.75, 3.05) is 4.90 Å². The SMILES string of the molecule is CC1=C(c2nc(-c3cccc(C)c3)no2)C(c2ccccc2)NC(=S)N1c1ccc(C)c(C)c1. The lowest BCUT2D eigenvalue weighted by atomic mass is 9.94. The molecule has 3 aromatic carbocycles. The normalized spacial score (nSPS) is 16.1. The number of hydrogen-bond donors (Lipinski definition) is 1. The van der Waals surface area contributed by atoms with Gasteiger partial charge in [0.25, 0.3) is 5.89 Å². The standard InChI is InChI=1S/C28H26N4OS/c1-17-9-8-12-22(15-17)26-30-27(33-31-26)24-20(4)32(23-14-13-18(2)19(3)16-23)28(34)29-25(24)21-10-6-5-7-11-21/h5-16,25H,1-4H3,(H,29,34). The Morgan fingerprint density at radius 3 is 2.41 bits per heavy atom. The number of hydrogen-bond acceptors (Lipinski definition) is 4. The van der Waals surface area contributed by atoms with E-state index in [4.69, 9.17) is 21.7 Å². The van der Waals surface area contributed by atoms with Crippen LogP contribution in [0.2, 0.25) is 0 Å². The first-order valence-corrected chi connectivity index (χ1v) is 11.7. The van der Waals surface area contributed by atoms with Gasteiger partial charge in [-0.15, -0.1) is 0 Å². The first kappa shape index (κ1) is 22.0. The minimum atomic E-state index is -0.206. The highest BCUT2D eigenvalue weighted by Gasteiger charge is 2.34. The van der Waals surface area contributed by atoms with Crippen LogP contribution < -0.4 is 10.2 Å². The summed E-state index contributed by atoms with van der Waals surface area (Å²) in [5.74, 6) is 1.04. The summed E-state index contributed by atoms with van der Waals surface area (Å²) in [5, 5.41) is 8.47. The van der Waals surface area contributed by atoms with E-state index in [1.165, 1.54) is 11.1 Å². The molecule has 0 fully saturated rings. The smallest absolute Gasteiger partial charge is 0.258 e. The molecule has 0 amide bonds. The zero-order chi connectivity index (χ0) is 23.8. The zero-order valence-electron chi connectivity index (χ0n) is 19.7. The zero-order valence-corrected chi connectivity index (χ0v) is 20.5. The lowest BCUT2D eigenvalue weighted by Crippen LogP contribution is -2.46. The lowest BCUT2D eigenvalue weighted by molar-refractivity contribution is 0.404. The van der Waals surface area contributed by atoms with Crippen LogP contribution in [0.5, 0.6) is 0 Å². The molecule has 1 aromatic heterocycles. The van der Waals surface area contributed by atoms with Crippen LogP contribution in [0.25, 0.3) is 17.0 Å². The maximum atomic E-state index is 5.85. The van der Waals surface area contributed by atoms with E-state index in [9.17, 15) is 0 Å². The largest absolute Gasteiger partial charge is 0.351 e. The second-order valence-electron chi connectivity index (χ2n) is 8.69. The van der Waals surface area contributed by atoms with E-state index in [2.05, 4.69) is 80.6 Å². The van der Waals surface area contributed by atoms with Crippen LogP contribution in [0, 0.1) is 20.8 Å². The van der Waals surface area contributed by atoms with E-state index in [0.29, 0.717) is 16.8 Å². The van der Waals surface area contributed by atoms with Crippen molar-refractivity contribution < 1.29 is 4.52 Å². The molecule has 0 bridgehead atoms. The van der Waals surface area contributed by atoms with Crippen molar-refractivity contribution in [2.45, 2.75) is 33.7 Å². The maximum absolute atomic E-state index is 5.85. The van der Waals surface area contributed by atoms with Crippen molar-refractivity contribution in [3.05, 3.63) is 107 Å². The number of aryl methyl sites for hydroxylation is 3. The number of nitrogens with one attached hydrogen (secondary N) is 1. The van der Waals surface area contributed by atoms with Gasteiger partial charge in [0.05, 0.1) is 11.6 Å². The minimum Gasteiger partial charge on any atom is -0.351 e. The third kappa shape index (κ3) is 4.01. The fraction of sp³-hybridized carbons (Fsp3) is 0.179. The van der Waals surface area contributed by atoms with Gasteiger partial charge in [0.2, 0.25) is 5.82 Å². The minimum absolute atomic E-state index is 0.206. The van der Waals surface area contributed by atoms with Crippen LogP contribution in [0.15, 0.2) is 83.0 Å². The van der Waals surface area contributed by atoms with Crippen molar-refractivity contribution in [3.8, 4) is 11.4 Å². The molecule has 6 heteroatoms. The summed E-state index contributed by atoms with van der Waals surface area (Å²) in [6.45, 7) is 8.33. The average Bonchev–Trinajstić information content (AvgIpc) is 3.31. The predicted molar refractivity (Wildman–Crippen MR) is 140 cm³/mol. The molecule has 0 saturated heterocycles. The van der Waals surface area contributed by atoms with Crippen molar-refractivity contribution in [2.24, 2.45) is 0 Å². The topological polar surface area (TPSA) is 54.2 Å². The fourth-order valence-corrected chi connectivity index (χ4v) is 4.69. The van der Waals surface area contributed by atoms with Gasteiger partial charge in [-0.3, -0.25) is 4.90 Å². The van der Waals surface area contributed by atoms with E-state index in [0.717, 1.165) is 33.6 Å². The lowest BCUT2D eigenvalue weighted by Gasteiger charge is -2.37. The number of thiocarbonyl (C=S) groups is 1. The van der Waals surface area contributed by atoms with E-state index < -0.39 is 0 Å². The molecule has 0 radical (unpaired) electrons. The second kappa shape index (κ2) is 8.88. The monoisotopic (exact) mass is 466 g/mol. The second-order valence-corrected chi connectivity index (χ2v) is 9.08. The van der Waals surface area contributed by atoms with Gasteiger partial charge in [-0.05, 0) is 74.8 Å². The molecule has 1 aliphatic rings. The maximum Gasteiger partial charge on any atom is 0.258 e. The molecule has 34 heavy (non-hydrogen) atoms. The van der Waals surface area contributed by atoms with Crippen molar-refractivity contribution in [1.82, 2.24) is 15.5 Å². The third-order valence-corrected chi connectivity index (χ3v) is 6.60. The average molecular weight is 467 g/mol. The molecule has 2 heterocycles. The third-order valence-electron chi connectivity index (χ3n) is 6.30. The van der Waals surface area contributed by atoms with E-state index in [-0.39, 0.29) is 6.04 Å². The van der Waals surface area contributed by atoms with Gasteiger partial charge in [-0.1, -0.05) is 65.3 Å². The van der Waals surface area contributed by atoms with Crippen molar-refractivity contribution in [3.63, 3.8) is 0 Å². The molecule has 0 aliphatic carbocycles. The van der Waals surface area contributed by atoms with Crippen molar-refractivity contribution in [1.29, 1.82) is 0 Å². The van der Waals surface area contributed by atoms with Gasteiger partial charge in [0.15, 0.2) is 5.11 Å². The highest BCUT2D eigenvalue weighted by molar-refractivity contribution is 7.80. The highest BCUT2D eigenvalue weighted by atomic mass is 32.1. The fourth-order valence-electron chi connectivity index (χ4n) is 4.33. The Kier molecular flexibility index (Phi) is 5.75. The summed E-state index contributed by atoms with van der Waals surface area (Å²) in [4.78, 5) is 6.86. The van der Waals surface area contributed by atoms with Gasteiger partial charge in [0, 0.05) is 16.9 Å². The van der Waals surface area contributed by atoms with E-state index in [1.807, 2.05) is 35.2 Å².